The standard InChI is InChI=1S/C18H24ClN3O/c1-12(2)10-20-18(23)21-11-15-9-13(3)22(14(15)4)17-7-5-16(19)6-8-17/h5-9,12H,10-11H2,1-4H3,(H2,20,21,23). The van der Waals surface area contributed by atoms with Gasteiger partial charge >= 0.3 is 6.03 Å². The van der Waals surface area contributed by atoms with Crippen molar-refractivity contribution in [2.75, 3.05) is 6.54 Å². The van der Waals surface area contributed by atoms with Crippen molar-refractivity contribution < 1.29 is 4.79 Å². The minimum absolute atomic E-state index is 0.130. The average Bonchev–Trinajstić information content (AvgIpc) is 2.78. The zero-order valence-electron chi connectivity index (χ0n) is 14.1. The molecule has 0 saturated carbocycles. The Bertz CT molecular complexity index is 674. The van der Waals surface area contributed by atoms with E-state index in [4.69, 9.17) is 11.6 Å². The van der Waals surface area contributed by atoms with Gasteiger partial charge in [0.1, 0.15) is 0 Å². The maximum Gasteiger partial charge on any atom is 0.315 e. The molecule has 0 spiro atoms. The molecule has 1 aromatic carbocycles. The molecule has 2 amide bonds. The van der Waals surface area contributed by atoms with E-state index in [1.54, 1.807) is 0 Å². The Morgan fingerprint density at radius 2 is 1.83 bits per heavy atom. The van der Waals surface area contributed by atoms with Gasteiger partial charge in [-0.3, -0.25) is 0 Å². The number of hydrogen-bond acceptors (Lipinski definition) is 1. The van der Waals surface area contributed by atoms with Gasteiger partial charge in [-0.05, 0) is 55.7 Å². The molecule has 5 heteroatoms. The highest BCUT2D eigenvalue weighted by Gasteiger charge is 2.11. The molecule has 1 heterocycles. The normalized spacial score (nSPS) is 10.9. The molecule has 0 aliphatic carbocycles. The predicted molar refractivity (Wildman–Crippen MR) is 95.3 cm³/mol. The number of nitrogens with zero attached hydrogens (tertiary/aromatic N) is 1. The van der Waals surface area contributed by atoms with Crippen LogP contribution in [0.3, 0.4) is 0 Å². The number of rotatable bonds is 5. The van der Waals surface area contributed by atoms with Crippen molar-refractivity contribution in [3.8, 4) is 5.69 Å². The number of benzene rings is 1. The van der Waals surface area contributed by atoms with E-state index >= 15 is 0 Å². The molecule has 0 aliphatic rings. The van der Waals surface area contributed by atoms with Crippen molar-refractivity contribution in [2.24, 2.45) is 5.92 Å². The number of aryl methyl sites for hydroxylation is 1. The van der Waals surface area contributed by atoms with Gasteiger partial charge in [0.25, 0.3) is 0 Å². The van der Waals surface area contributed by atoms with E-state index < -0.39 is 0 Å². The number of halogens is 1. The minimum atomic E-state index is -0.130. The fourth-order valence-corrected chi connectivity index (χ4v) is 2.66. The summed E-state index contributed by atoms with van der Waals surface area (Å²) in [6.07, 6.45) is 0. The minimum Gasteiger partial charge on any atom is -0.338 e. The molecular formula is C18H24ClN3O. The van der Waals surface area contributed by atoms with Crippen LogP contribution in [0.2, 0.25) is 5.02 Å². The molecule has 0 saturated heterocycles. The summed E-state index contributed by atoms with van der Waals surface area (Å²) in [6.45, 7) is 9.45. The van der Waals surface area contributed by atoms with Crippen molar-refractivity contribution in [1.82, 2.24) is 15.2 Å². The lowest BCUT2D eigenvalue weighted by Crippen LogP contribution is -2.37. The molecule has 0 bridgehead atoms. The first-order valence-corrected chi connectivity index (χ1v) is 8.21. The van der Waals surface area contributed by atoms with Gasteiger partial charge in [-0.15, -0.1) is 0 Å². The van der Waals surface area contributed by atoms with Crippen molar-refractivity contribution in [2.45, 2.75) is 34.2 Å². The Balaban J connectivity index is 2.09. The molecule has 0 radical (unpaired) electrons. The van der Waals surface area contributed by atoms with Gasteiger partial charge in [0.05, 0.1) is 0 Å². The van der Waals surface area contributed by atoms with Crippen LogP contribution in [0.5, 0.6) is 0 Å². The summed E-state index contributed by atoms with van der Waals surface area (Å²) < 4.78 is 2.17. The molecule has 0 aliphatic heterocycles. The molecule has 0 fully saturated rings. The molecule has 23 heavy (non-hydrogen) atoms. The Labute approximate surface area is 142 Å². The number of amides is 2. The van der Waals surface area contributed by atoms with E-state index in [9.17, 15) is 4.79 Å². The monoisotopic (exact) mass is 333 g/mol. The number of carbonyl (C=O) groups excluding carboxylic acids is 1. The maximum atomic E-state index is 11.8. The Morgan fingerprint density at radius 3 is 2.43 bits per heavy atom. The lowest BCUT2D eigenvalue weighted by atomic mass is 10.2. The summed E-state index contributed by atoms with van der Waals surface area (Å²) in [4.78, 5) is 11.8. The Morgan fingerprint density at radius 1 is 1.17 bits per heavy atom. The number of aromatic nitrogens is 1. The predicted octanol–water partition coefficient (Wildman–Crippen LogP) is 4.20. The number of hydrogen-bond donors (Lipinski definition) is 2. The highest BCUT2D eigenvalue weighted by atomic mass is 35.5. The van der Waals surface area contributed by atoms with Gasteiger partial charge in [-0.1, -0.05) is 25.4 Å². The molecule has 0 unspecified atom stereocenters. The molecule has 1 aromatic heterocycles. The lowest BCUT2D eigenvalue weighted by Gasteiger charge is -2.11. The van der Waals surface area contributed by atoms with Gasteiger partial charge in [-0.25, -0.2) is 4.79 Å². The maximum absolute atomic E-state index is 11.8. The quantitative estimate of drug-likeness (QED) is 0.846. The van der Waals surface area contributed by atoms with E-state index in [1.165, 1.54) is 0 Å². The van der Waals surface area contributed by atoms with E-state index in [-0.39, 0.29) is 6.03 Å². The van der Waals surface area contributed by atoms with Gasteiger partial charge in [0.15, 0.2) is 0 Å². The van der Waals surface area contributed by atoms with E-state index in [0.29, 0.717) is 19.0 Å². The molecule has 2 aromatic rings. The zero-order valence-corrected chi connectivity index (χ0v) is 14.9. The van der Waals surface area contributed by atoms with Gasteiger partial charge in [0, 0.05) is 35.2 Å². The van der Waals surface area contributed by atoms with Crippen molar-refractivity contribution in [1.29, 1.82) is 0 Å². The van der Waals surface area contributed by atoms with Crippen molar-refractivity contribution in [3.05, 3.63) is 52.3 Å². The van der Waals surface area contributed by atoms with Crippen LogP contribution in [-0.4, -0.2) is 17.1 Å². The van der Waals surface area contributed by atoms with Crippen molar-refractivity contribution >= 4 is 17.6 Å². The third-order valence-electron chi connectivity index (χ3n) is 3.73. The SMILES string of the molecule is Cc1cc(CNC(=O)NCC(C)C)c(C)n1-c1ccc(Cl)cc1. The smallest absolute Gasteiger partial charge is 0.315 e. The van der Waals surface area contributed by atoms with Crippen LogP contribution in [0.15, 0.2) is 30.3 Å². The van der Waals surface area contributed by atoms with Crippen LogP contribution < -0.4 is 10.6 Å². The largest absolute Gasteiger partial charge is 0.338 e. The van der Waals surface area contributed by atoms with Gasteiger partial charge < -0.3 is 15.2 Å². The van der Waals surface area contributed by atoms with Crippen LogP contribution in [0.4, 0.5) is 4.79 Å². The molecule has 4 nitrogen and oxygen atoms in total. The molecule has 2 N–H and O–H groups in total. The molecular weight excluding hydrogens is 310 g/mol. The highest BCUT2D eigenvalue weighted by Crippen LogP contribution is 2.22. The highest BCUT2D eigenvalue weighted by molar-refractivity contribution is 6.30. The van der Waals surface area contributed by atoms with Gasteiger partial charge in [-0.2, -0.15) is 0 Å². The van der Waals surface area contributed by atoms with Crippen LogP contribution in [-0.2, 0) is 6.54 Å². The topological polar surface area (TPSA) is 46.1 Å². The summed E-state index contributed by atoms with van der Waals surface area (Å²) in [7, 11) is 0. The fraction of sp³-hybridized carbons (Fsp3) is 0.389. The second-order valence-corrected chi connectivity index (χ2v) is 6.60. The second-order valence-electron chi connectivity index (χ2n) is 6.17. The third-order valence-corrected chi connectivity index (χ3v) is 3.98. The first kappa shape index (κ1) is 17.4. The number of nitrogens with one attached hydrogen (secondary N) is 2. The Hall–Kier alpha value is -1.94. The zero-order chi connectivity index (χ0) is 17.0. The summed E-state index contributed by atoms with van der Waals surface area (Å²) in [6, 6.07) is 9.73. The van der Waals surface area contributed by atoms with Crippen LogP contribution in [0.25, 0.3) is 5.69 Å². The molecule has 2 rings (SSSR count). The van der Waals surface area contributed by atoms with Crippen LogP contribution >= 0.6 is 11.6 Å². The average molecular weight is 334 g/mol. The first-order valence-electron chi connectivity index (χ1n) is 7.84. The Kier molecular flexibility index (Phi) is 5.72. The molecule has 124 valence electrons. The summed E-state index contributed by atoms with van der Waals surface area (Å²) in [5.41, 5.74) is 4.43. The van der Waals surface area contributed by atoms with E-state index in [2.05, 4.69) is 49.0 Å². The lowest BCUT2D eigenvalue weighted by molar-refractivity contribution is 0.239. The third kappa shape index (κ3) is 4.52. The van der Waals surface area contributed by atoms with Gasteiger partial charge in [0.2, 0.25) is 0 Å². The second kappa shape index (κ2) is 7.55. The van der Waals surface area contributed by atoms with E-state index in [0.717, 1.165) is 27.7 Å². The molecule has 0 atom stereocenters. The first-order chi connectivity index (χ1) is 10.9. The number of carbonyl (C=O) groups is 1. The van der Waals surface area contributed by atoms with Crippen molar-refractivity contribution in [3.63, 3.8) is 0 Å². The summed E-state index contributed by atoms with van der Waals surface area (Å²) in [5, 5.41) is 6.49. The number of urea groups is 1. The summed E-state index contributed by atoms with van der Waals surface area (Å²) in [5.74, 6) is 0.440. The fourth-order valence-electron chi connectivity index (χ4n) is 2.53. The van der Waals surface area contributed by atoms with Crippen LogP contribution in [0, 0.1) is 19.8 Å². The van der Waals surface area contributed by atoms with Crippen LogP contribution in [0.1, 0.15) is 30.8 Å². The van der Waals surface area contributed by atoms with E-state index in [1.807, 2.05) is 24.3 Å². The summed E-state index contributed by atoms with van der Waals surface area (Å²) >= 11 is 5.96.